The van der Waals surface area contributed by atoms with Gasteiger partial charge >= 0.3 is 5.97 Å². The number of methoxy groups -OCH3 is 1. The fourth-order valence-electron chi connectivity index (χ4n) is 2.51. The van der Waals surface area contributed by atoms with Crippen molar-refractivity contribution in [2.24, 2.45) is 0 Å². The molecule has 0 saturated carbocycles. The van der Waals surface area contributed by atoms with Gasteiger partial charge in [0.1, 0.15) is 0 Å². The molecule has 2 aromatic carbocycles. The van der Waals surface area contributed by atoms with Gasteiger partial charge in [-0.15, -0.1) is 0 Å². The van der Waals surface area contributed by atoms with E-state index in [-0.39, 0.29) is 18.1 Å². The lowest BCUT2D eigenvalue weighted by Gasteiger charge is -2.05. The number of benzene rings is 2. The Morgan fingerprint density at radius 2 is 1.58 bits per heavy atom. The summed E-state index contributed by atoms with van der Waals surface area (Å²) in [5.41, 5.74) is 2.19. The SMILES string of the molecule is COC(=O)[C@H]1[C@H](c2ccccc2)N1c1ccccc1. The first kappa shape index (κ1) is 11.8. The summed E-state index contributed by atoms with van der Waals surface area (Å²) in [4.78, 5) is 14.0. The first-order valence-corrected chi connectivity index (χ1v) is 6.29. The highest BCUT2D eigenvalue weighted by Crippen LogP contribution is 2.47. The molecule has 1 aliphatic heterocycles. The zero-order valence-corrected chi connectivity index (χ0v) is 10.7. The monoisotopic (exact) mass is 253 g/mol. The Labute approximate surface area is 112 Å². The maximum Gasteiger partial charge on any atom is 0.331 e. The smallest absolute Gasteiger partial charge is 0.331 e. The van der Waals surface area contributed by atoms with E-state index in [0.29, 0.717) is 0 Å². The van der Waals surface area contributed by atoms with E-state index >= 15 is 0 Å². The van der Waals surface area contributed by atoms with Crippen LogP contribution in [0.25, 0.3) is 0 Å². The van der Waals surface area contributed by atoms with Gasteiger partial charge in [-0.25, -0.2) is 4.79 Å². The number of hydrogen-bond acceptors (Lipinski definition) is 3. The first-order valence-electron chi connectivity index (χ1n) is 6.29. The molecule has 0 spiro atoms. The minimum absolute atomic E-state index is 0.0797. The van der Waals surface area contributed by atoms with E-state index in [0.717, 1.165) is 11.3 Å². The van der Waals surface area contributed by atoms with Gasteiger partial charge in [-0.2, -0.15) is 0 Å². The van der Waals surface area contributed by atoms with Crippen LogP contribution >= 0.6 is 0 Å². The van der Waals surface area contributed by atoms with Crippen LogP contribution in [-0.2, 0) is 9.53 Å². The molecule has 0 aliphatic carbocycles. The van der Waals surface area contributed by atoms with E-state index in [4.69, 9.17) is 4.74 Å². The Hall–Kier alpha value is -2.29. The van der Waals surface area contributed by atoms with Gasteiger partial charge in [-0.1, -0.05) is 48.5 Å². The van der Waals surface area contributed by atoms with E-state index in [9.17, 15) is 4.79 Å². The average molecular weight is 253 g/mol. The molecule has 2 aromatic rings. The van der Waals surface area contributed by atoms with E-state index in [1.807, 2.05) is 60.7 Å². The van der Waals surface area contributed by atoms with Crippen LogP contribution in [0.4, 0.5) is 5.69 Å². The molecular formula is C16H15NO2. The summed E-state index contributed by atoms with van der Waals surface area (Å²) in [6, 6.07) is 19.9. The van der Waals surface area contributed by atoms with Crippen molar-refractivity contribution < 1.29 is 9.53 Å². The molecule has 0 N–H and O–H groups in total. The standard InChI is InChI=1S/C16H15NO2/c1-19-16(18)15-14(12-8-4-2-5-9-12)17(15)13-10-6-3-7-11-13/h2-11,14-15H,1H3/t14-,15+,17?/m0/s1. The summed E-state index contributed by atoms with van der Waals surface area (Å²) in [6.45, 7) is 0. The molecule has 19 heavy (non-hydrogen) atoms. The molecule has 3 nitrogen and oxygen atoms in total. The Morgan fingerprint density at radius 1 is 1.00 bits per heavy atom. The molecule has 1 heterocycles. The van der Waals surface area contributed by atoms with Crippen molar-refractivity contribution in [3.8, 4) is 0 Å². The second-order valence-electron chi connectivity index (χ2n) is 4.57. The molecule has 0 aromatic heterocycles. The molecule has 2 atom stereocenters. The molecular weight excluding hydrogens is 238 g/mol. The number of para-hydroxylation sites is 1. The maximum absolute atomic E-state index is 11.9. The molecule has 96 valence electrons. The first-order chi connectivity index (χ1) is 9.33. The third kappa shape index (κ3) is 2.08. The molecule has 1 aliphatic rings. The topological polar surface area (TPSA) is 29.3 Å². The number of carbonyl (C=O) groups excluding carboxylic acids is 1. The molecule has 0 amide bonds. The summed E-state index contributed by atoms with van der Waals surface area (Å²) >= 11 is 0. The van der Waals surface area contributed by atoms with Gasteiger partial charge in [0.25, 0.3) is 0 Å². The average Bonchev–Trinajstić information content (AvgIpc) is 3.24. The van der Waals surface area contributed by atoms with Crippen LogP contribution in [0, 0.1) is 0 Å². The van der Waals surface area contributed by atoms with Crippen molar-refractivity contribution >= 4 is 11.7 Å². The largest absolute Gasteiger partial charge is 0.467 e. The third-order valence-electron chi connectivity index (χ3n) is 3.45. The summed E-state index contributed by atoms with van der Waals surface area (Å²) in [7, 11) is 1.44. The Morgan fingerprint density at radius 3 is 2.16 bits per heavy atom. The molecule has 1 fully saturated rings. The number of hydrogen-bond donors (Lipinski definition) is 0. The van der Waals surface area contributed by atoms with Crippen molar-refractivity contribution in [1.29, 1.82) is 0 Å². The Bertz CT molecular complexity index is 522. The van der Waals surface area contributed by atoms with Crippen molar-refractivity contribution in [3.05, 3.63) is 66.2 Å². The third-order valence-corrected chi connectivity index (χ3v) is 3.45. The van der Waals surface area contributed by atoms with Crippen LogP contribution < -0.4 is 4.90 Å². The van der Waals surface area contributed by atoms with Gasteiger partial charge in [0.2, 0.25) is 0 Å². The van der Waals surface area contributed by atoms with Crippen LogP contribution in [0.3, 0.4) is 0 Å². The van der Waals surface area contributed by atoms with Gasteiger partial charge in [-0.3, -0.25) is 0 Å². The van der Waals surface area contributed by atoms with E-state index in [2.05, 4.69) is 4.90 Å². The lowest BCUT2D eigenvalue weighted by atomic mass is 10.1. The van der Waals surface area contributed by atoms with Crippen molar-refractivity contribution in [1.82, 2.24) is 0 Å². The molecule has 0 radical (unpaired) electrons. The minimum Gasteiger partial charge on any atom is -0.467 e. The Balaban J connectivity index is 1.93. The molecule has 1 saturated heterocycles. The van der Waals surface area contributed by atoms with Crippen LogP contribution in [0.15, 0.2) is 60.7 Å². The van der Waals surface area contributed by atoms with Gasteiger partial charge in [-0.05, 0) is 17.7 Å². The Kier molecular flexibility index (Phi) is 2.95. The zero-order valence-electron chi connectivity index (χ0n) is 10.7. The van der Waals surface area contributed by atoms with Crippen LogP contribution in [0.5, 0.6) is 0 Å². The van der Waals surface area contributed by atoms with Gasteiger partial charge in [0, 0.05) is 5.69 Å². The lowest BCUT2D eigenvalue weighted by Crippen LogP contribution is -2.13. The number of esters is 1. The van der Waals surface area contributed by atoms with Gasteiger partial charge in [0.15, 0.2) is 6.04 Å². The predicted octanol–water partition coefficient (Wildman–Crippen LogP) is 2.79. The van der Waals surface area contributed by atoms with Crippen molar-refractivity contribution in [3.63, 3.8) is 0 Å². The highest BCUT2D eigenvalue weighted by atomic mass is 16.5. The highest BCUT2D eigenvalue weighted by molar-refractivity contribution is 5.88. The summed E-state index contributed by atoms with van der Waals surface area (Å²) in [6.07, 6.45) is 0. The van der Waals surface area contributed by atoms with E-state index in [1.54, 1.807) is 0 Å². The predicted molar refractivity (Wildman–Crippen MR) is 73.9 cm³/mol. The zero-order chi connectivity index (χ0) is 13.2. The molecule has 0 unspecified atom stereocenters. The molecule has 3 heteroatoms. The van der Waals surface area contributed by atoms with E-state index < -0.39 is 0 Å². The van der Waals surface area contributed by atoms with Crippen molar-refractivity contribution in [2.75, 3.05) is 12.0 Å². The quantitative estimate of drug-likeness (QED) is 0.622. The summed E-state index contributed by atoms with van der Waals surface area (Å²) in [5, 5.41) is 0. The van der Waals surface area contributed by atoms with E-state index in [1.165, 1.54) is 7.11 Å². The minimum atomic E-state index is -0.213. The summed E-state index contributed by atoms with van der Waals surface area (Å²) < 4.78 is 4.90. The lowest BCUT2D eigenvalue weighted by molar-refractivity contribution is -0.139. The molecule has 0 bridgehead atoms. The van der Waals surface area contributed by atoms with Gasteiger partial charge < -0.3 is 9.64 Å². The number of rotatable bonds is 3. The number of anilines is 1. The second kappa shape index (κ2) is 4.76. The normalized spacial score (nSPS) is 21.0. The number of carbonyl (C=O) groups is 1. The highest BCUT2D eigenvalue weighted by Gasteiger charge is 2.54. The summed E-state index contributed by atoms with van der Waals surface area (Å²) in [5.74, 6) is -0.183. The van der Waals surface area contributed by atoms with Crippen LogP contribution in [0.2, 0.25) is 0 Å². The van der Waals surface area contributed by atoms with Crippen LogP contribution in [-0.4, -0.2) is 19.1 Å². The second-order valence-corrected chi connectivity index (χ2v) is 4.57. The molecule has 3 rings (SSSR count). The maximum atomic E-state index is 11.9. The van der Waals surface area contributed by atoms with Crippen LogP contribution in [0.1, 0.15) is 11.6 Å². The fourth-order valence-corrected chi connectivity index (χ4v) is 2.51. The van der Waals surface area contributed by atoms with Gasteiger partial charge in [0.05, 0.1) is 13.2 Å². The number of ether oxygens (including phenoxy) is 1. The number of nitrogens with zero attached hydrogens (tertiary/aromatic N) is 1. The van der Waals surface area contributed by atoms with Crippen molar-refractivity contribution in [2.45, 2.75) is 12.1 Å². The fraction of sp³-hybridized carbons (Fsp3) is 0.188.